The first-order valence-electron chi connectivity index (χ1n) is 11.7. The first-order chi connectivity index (χ1) is 15.7. The lowest BCUT2D eigenvalue weighted by atomic mass is 10.0. The van der Waals surface area contributed by atoms with Gasteiger partial charge in [0.1, 0.15) is 12.1 Å². The molecule has 0 aliphatic carbocycles. The maximum absolute atomic E-state index is 13.3. The van der Waals surface area contributed by atoms with Gasteiger partial charge in [0.15, 0.2) is 0 Å². The second kappa shape index (κ2) is 11.9. The summed E-state index contributed by atoms with van der Waals surface area (Å²) < 4.78 is 5.32. The molecule has 2 amide bonds. The maximum Gasteiger partial charge on any atom is 0.327 e. The van der Waals surface area contributed by atoms with Crippen molar-refractivity contribution in [2.75, 3.05) is 38.6 Å². The van der Waals surface area contributed by atoms with E-state index in [0.29, 0.717) is 44.9 Å². The first kappa shape index (κ1) is 26.3. The Labute approximate surface area is 203 Å². The molecule has 9 nitrogen and oxygen atoms in total. The van der Waals surface area contributed by atoms with Crippen LogP contribution in [0.3, 0.4) is 0 Å². The van der Waals surface area contributed by atoms with Crippen molar-refractivity contribution >= 4 is 46.4 Å². The molecule has 3 aliphatic heterocycles. The highest BCUT2D eigenvalue weighted by molar-refractivity contribution is 8.14. The van der Waals surface area contributed by atoms with E-state index in [4.69, 9.17) is 4.74 Å². The van der Waals surface area contributed by atoms with E-state index < -0.39 is 23.3 Å². The van der Waals surface area contributed by atoms with Crippen molar-refractivity contribution in [3.05, 3.63) is 0 Å². The standard InChI is InChI=1S/C22H35N3O6S2/c1-4-13(2)18(33-17(26)11-24-7-9-31-10-8-24)19(27)23-15-6-5-14(3)21-25(20(15)28)16(12-32-21)22(29)30/h13-16,18,21H,4-12H2,1-3H3,(H,23,27)(H,29,30)/t13-,14-,15-,16-,18-,21+/m0/s1. The second-order valence-electron chi connectivity index (χ2n) is 9.12. The number of carbonyl (C=O) groups excluding carboxylic acids is 3. The molecule has 3 heterocycles. The lowest BCUT2D eigenvalue weighted by Crippen LogP contribution is -2.55. The summed E-state index contributed by atoms with van der Waals surface area (Å²) in [5.74, 6) is -1.22. The number of ether oxygens (including phenoxy) is 1. The van der Waals surface area contributed by atoms with E-state index in [1.807, 2.05) is 25.7 Å². The van der Waals surface area contributed by atoms with Gasteiger partial charge in [-0.2, -0.15) is 0 Å². The molecule has 0 unspecified atom stereocenters. The number of fused-ring (bicyclic) bond motifs is 1. The average molecular weight is 502 g/mol. The van der Waals surface area contributed by atoms with Crippen LogP contribution in [0.2, 0.25) is 0 Å². The number of thioether (sulfide) groups is 2. The molecule has 0 aromatic rings. The van der Waals surface area contributed by atoms with Crippen LogP contribution >= 0.6 is 23.5 Å². The van der Waals surface area contributed by atoms with Gasteiger partial charge in [0.05, 0.1) is 30.4 Å². The van der Waals surface area contributed by atoms with Crippen molar-refractivity contribution < 1.29 is 29.0 Å². The number of carboxylic acids is 1. The highest BCUT2D eigenvalue weighted by Gasteiger charge is 2.48. The molecule has 6 atom stereocenters. The number of carbonyl (C=O) groups is 4. The number of nitrogens with zero attached hydrogens (tertiary/aromatic N) is 2. The SMILES string of the molecule is CC[C@H](C)[C@H](SC(=O)CN1CCOCC1)C(=O)N[C@H]1CC[C@H](C)[C@H]2SC[C@@H](C(=O)O)N2C1=O. The van der Waals surface area contributed by atoms with Crippen molar-refractivity contribution in [3.63, 3.8) is 0 Å². The zero-order valence-electron chi connectivity index (χ0n) is 19.5. The quantitative estimate of drug-likeness (QED) is 0.507. The number of carboxylic acid groups (broad SMARTS) is 1. The van der Waals surface area contributed by atoms with E-state index in [-0.39, 0.29) is 40.7 Å². The highest BCUT2D eigenvalue weighted by atomic mass is 32.2. The van der Waals surface area contributed by atoms with E-state index in [0.717, 1.165) is 18.2 Å². The summed E-state index contributed by atoms with van der Waals surface area (Å²) in [4.78, 5) is 54.5. The van der Waals surface area contributed by atoms with E-state index >= 15 is 0 Å². The van der Waals surface area contributed by atoms with Gasteiger partial charge in [-0.3, -0.25) is 19.3 Å². The van der Waals surface area contributed by atoms with E-state index in [1.54, 1.807) is 0 Å². The molecule has 2 N–H and O–H groups in total. The zero-order valence-corrected chi connectivity index (χ0v) is 21.2. The Morgan fingerprint density at radius 3 is 2.61 bits per heavy atom. The summed E-state index contributed by atoms with van der Waals surface area (Å²) in [5.41, 5.74) is 0. The number of amides is 2. The van der Waals surface area contributed by atoms with Gasteiger partial charge in [0, 0.05) is 18.8 Å². The number of hydrogen-bond acceptors (Lipinski definition) is 8. The van der Waals surface area contributed by atoms with Crippen LogP contribution in [-0.2, 0) is 23.9 Å². The van der Waals surface area contributed by atoms with Gasteiger partial charge in [-0.25, -0.2) is 4.79 Å². The van der Waals surface area contributed by atoms with Crippen LogP contribution in [0, 0.1) is 11.8 Å². The molecule has 0 spiro atoms. The number of morpholine rings is 1. The normalized spacial score (nSPS) is 30.3. The summed E-state index contributed by atoms with van der Waals surface area (Å²) in [5, 5.41) is 11.6. The number of rotatable bonds is 8. The van der Waals surface area contributed by atoms with Crippen LogP contribution < -0.4 is 5.32 Å². The topological polar surface area (TPSA) is 116 Å². The molecule has 0 aromatic heterocycles. The lowest BCUT2D eigenvalue weighted by molar-refractivity contribution is -0.150. The summed E-state index contributed by atoms with van der Waals surface area (Å²) in [6.07, 6.45) is 1.90. The van der Waals surface area contributed by atoms with Crippen molar-refractivity contribution in [3.8, 4) is 0 Å². The van der Waals surface area contributed by atoms with Crippen molar-refractivity contribution in [1.82, 2.24) is 15.1 Å². The van der Waals surface area contributed by atoms with Crippen LogP contribution in [0.5, 0.6) is 0 Å². The number of nitrogens with one attached hydrogen (secondary N) is 1. The molecule has 3 aliphatic rings. The predicted octanol–water partition coefficient (Wildman–Crippen LogP) is 1.26. The minimum absolute atomic E-state index is 0.0506. The van der Waals surface area contributed by atoms with Crippen molar-refractivity contribution in [1.29, 1.82) is 0 Å². The predicted molar refractivity (Wildman–Crippen MR) is 128 cm³/mol. The van der Waals surface area contributed by atoms with E-state index in [9.17, 15) is 24.3 Å². The first-order valence-corrected chi connectivity index (χ1v) is 13.6. The minimum atomic E-state index is -1.01. The number of aliphatic carboxylic acids is 1. The van der Waals surface area contributed by atoms with Gasteiger partial charge in [0.2, 0.25) is 16.9 Å². The lowest BCUT2D eigenvalue weighted by Gasteiger charge is -2.31. The molecule has 0 bridgehead atoms. The molecule has 3 fully saturated rings. The fraction of sp³-hybridized carbons (Fsp3) is 0.818. The smallest absolute Gasteiger partial charge is 0.327 e. The van der Waals surface area contributed by atoms with Gasteiger partial charge in [-0.1, -0.05) is 39.0 Å². The maximum atomic E-state index is 13.3. The molecule has 0 saturated carbocycles. The monoisotopic (exact) mass is 501 g/mol. The average Bonchev–Trinajstić information content (AvgIpc) is 3.21. The largest absolute Gasteiger partial charge is 0.480 e. The molecule has 3 rings (SSSR count). The summed E-state index contributed by atoms with van der Waals surface area (Å²) in [7, 11) is 0. The fourth-order valence-electron chi connectivity index (χ4n) is 4.46. The number of hydrogen-bond donors (Lipinski definition) is 2. The summed E-state index contributed by atoms with van der Waals surface area (Å²) in [6, 6.07) is -1.64. The Balaban J connectivity index is 1.68. The molecule has 186 valence electrons. The molecular formula is C22H35N3O6S2. The second-order valence-corrected chi connectivity index (χ2v) is 11.5. The summed E-state index contributed by atoms with van der Waals surface area (Å²) in [6.45, 7) is 8.78. The van der Waals surface area contributed by atoms with Gasteiger partial charge in [-0.15, -0.1) is 11.8 Å². The molecule has 11 heteroatoms. The Bertz CT molecular complexity index is 748. The highest BCUT2D eigenvalue weighted by Crippen LogP contribution is 2.39. The van der Waals surface area contributed by atoms with Gasteiger partial charge >= 0.3 is 5.97 Å². The van der Waals surface area contributed by atoms with Crippen LogP contribution in [0.15, 0.2) is 0 Å². The Morgan fingerprint density at radius 1 is 1.27 bits per heavy atom. The molecule has 0 aromatic carbocycles. The van der Waals surface area contributed by atoms with E-state index in [2.05, 4.69) is 5.32 Å². The third-order valence-corrected chi connectivity index (χ3v) is 9.59. The Morgan fingerprint density at radius 2 is 1.97 bits per heavy atom. The van der Waals surface area contributed by atoms with Crippen LogP contribution in [0.1, 0.15) is 40.0 Å². The fourth-order valence-corrected chi connectivity index (χ4v) is 7.16. The van der Waals surface area contributed by atoms with Crippen LogP contribution in [-0.4, -0.2) is 99.1 Å². The molecule has 0 radical (unpaired) electrons. The summed E-state index contributed by atoms with van der Waals surface area (Å²) >= 11 is 2.54. The Hall–Kier alpha value is -1.30. The van der Waals surface area contributed by atoms with Crippen molar-refractivity contribution in [2.24, 2.45) is 11.8 Å². The molecule has 33 heavy (non-hydrogen) atoms. The van der Waals surface area contributed by atoms with E-state index in [1.165, 1.54) is 16.7 Å². The van der Waals surface area contributed by atoms with Crippen LogP contribution in [0.25, 0.3) is 0 Å². The van der Waals surface area contributed by atoms with Gasteiger partial charge < -0.3 is 20.1 Å². The molecule has 3 saturated heterocycles. The van der Waals surface area contributed by atoms with Gasteiger partial charge in [0.25, 0.3) is 0 Å². The van der Waals surface area contributed by atoms with Gasteiger partial charge in [-0.05, 0) is 24.7 Å². The van der Waals surface area contributed by atoms with Crippen LogP contribution in [0.4, 0.5) is 0 Å². The molecular weight excluding hydrogens is 466 g/mol. The third-order valence-electron chi connectivity index (χ3n) is 6.72. The zero-order chi connectivity index (χ0) is 24.1. The third kappa shape index (κ3) is 6.43. The minimum Gasteiger partial charge on any atom is -0.480 e. The van der Waals surface area contributed by atoms with Crippen molar-refractivity contribution in [2.45, 2.75) is 62.7 Å². The Kier molecular flexibility index (Phi) is 9.49.